The zero-order chi connectivity index (χ0) is 17.6. The van der Waals surface area contributed by atoms with E-state index in [0.717, 1.165) is 28.6 Å². The maximum Gasteiger partial charge on any atom is 0.151 e. The molecular weight excluding hydrogens is 306 g/mol. The van der Waals surface area contributed by atoms with Gasteiger partial charge in [-0.3, -0.25) is 0 Å². The third-order valence-electron chi connectivity index (χ3n) is 4.66. The highest BCUT2D eigenvalue weighted by molar-refractivity contribution is 5.86. The third-order valence-corrected chi connectivity index (χ3v) is 4.66. The van der Waals surface area contributed by atoms with Crippen LogP contribution in [-0.2, 0) is 5.41 Å². The van der Waals surface area contributed by atoms with Crippen molar-refractivity contribution in [3.05, 3.63) is 77.9 Å². The zero-order valence-electron chi connectivity index (χ0n) is 15.2. The maximum atomic E-state index is 6.30. The predicted octanol–water partition coefficient (Wildman–Crippen LogP) is 6.87. The molecule has 0 unspecified atom stereocenters. The standard InChI is InChI=1S/C23H23NO/c1-16-10-12-19-21(14-16)25-22-15-17(23(2,3)4)11-13-20(22)24(19)18-8-6-5-7-9-18/h5-15H,1-4H3. The van der Waals surface area contributed by atoms with Crippen molar-refractivity contribution in [1.29, 1.82) is 0 Å². The van der Waals surface area contributed by atoms with Gasteiger partial charge >= 0.3 is 0 Å². The zero-order valence-corrected chi connectivity index (χ0v) is 15.2. The molecule has 0 fully saturated rings. The third kappa shape index (κ3) is 2.78. The molecule has 2 heteroatoms. The van der Waals surface area contributed by atoms with Gasteiger partial charge < -0.3 is 9.64 Å². The number of benzene rings is 3. The molecule has 0 N–H and O–H groups in total. The van der Waals surface area contributed by atoms with Crippen molar-refractivity contribution in [2.45, 2.75) is 33.1 Å². The van der Waals surface area contributed by atoms with Crippen LogP contribution in [0.4, 0.5) is 17.1 Å². The van der Waals surface area contributed by atoms with E-state index in [4.69, 9.17) is 4.74 Å². The summed E-state index contributed by atoms with van der Waals surface area (Å²) in [6.45, 7) is 8.78. The first-order valence-corrected chi connectivity index (χ1v) is 8.72. The van der Waals surface area contributed by atoms with E-state index in [1.54, 1.807) is 0 Å². The SMILES string of the molecule is Cc1ccc2c(c1)Oc1cc(C(C)(C)C)ccc1N2c1ccccc1. The molecule has 25 heavy (non-hydrogen) atoms. The van der Waals surface area contributed by atoms with Crippen LogP contribution in [0.5, 0.6) is 11.5 Å². The molecule has 126 valence electrons. The maximum absolute atomic E-state index is 6.30. The summed E-state index contributed by atoms with van der Waals surface area (Å²) in [5.74, 6) is 1.82. The molecule has 3 aromatic carbocycles. The topological polar surface area (TPSA) is 12.5 Å². The molecule has 0 spiro atoms. The van der Waals surface area contributed by atoms with Crippen molar-refractivity contribution in [2.75, 3.05) is 4.90 Å². The van der Waals surface area contributed by atoms with Gasteiger partial charge in [0, 0.05) is 5.69 Å². The molecule has 0 saturated carbocycles. The van der Waals surface area contributed by atoms with Crippen LogP contribution in [0.2, 0.25) is 0 Å². The lowest BCUT2D eigenvalue weighted by Crippen LogP contribution is -2.17. The minimum atomic E-state index is 0.0862. The molecule has 4 rings (SSSR count). The molecule has 1 aliphatic heterocycles. The Morgan fingerprint density at radius 2 is 1.40 bits per heavy atom. The van der Waals surface area contributed by atoms with Gasteiger partial charge in [0.25, 0.3) is 0 Å². The summed E-state index contributed by atoms with van der Waals surface area (Å²) in [6, 6.07) is 23.4. The van der Waals surface area contributed by atoms with Crippen molar-refractivity contribution in [3.8, 4) is 11.5 Å². The highest BCUT2D eigenvalue weighted by atomic mass is 16.5. The summed E-state index contributed by atoms with van der Waals surface area (Å²) in [6.07, 6.45) is 0. The Kier molecular flexibility index (Phi) is 3.57. The highest BCUT2D eigenvalue weighted by Gasteiger charge is 2.27. The van der Waals surface area contributed by atoms with E-state index >= 15 is 0 Å². The fraction of sp³-hybridized carbons (Fsp3) is 0.217. The van der Waals surface area contributed by atoms with Gasteiger partial charge in [0.1, 0.15) is 0 Å². The number of anilines is 3. The summed E-state index contributed by atoms with van der Waals surface area (Å²) in [4.78, 5) is 2.28. The second-order valence-electron chi connectivity index (χ2n) is 7.68. The summed E-state index contributed by atoms with van der Waals surface area (Å²) in [5.41, 5.74) is 5.85. The van der Waals surface area contributed by atoms with Gasteiger partial charge in [-0.15, -0.1) is 0 Å². The molecule has 3 aromatic rings. The van der Waals surface area contributed by atoms with Crippen LogP contribution in [0.25, 0.3) is 0 Å². The van der Waals surface area contributed by atoms with Crippen molar-refractivity contribution < 1.29 is 4.74 Å². The van der Waals surface area contributed by atoms with E-state index in [1.165, 1.54) is 11.1 Å². The first kappa shape index (κ1) is 15.8. The Morgan fingerprint density at radius 3 is 2.08 bits per heavy atom. The molecular formula is C23H23NO. The number of hydrogen-bond donors (Lipinski definition) is 0. The molecule has 0 aromatic heterocycles. The van der Waals surface area contributed by atoms with Gasteiger partial charge in [-0.1, -0.05) is 51.1 Å². The van der Waals surface area contributed by atoms with Gasteiger partial charge in [0.2, 0.25) is 0 Å². The lowest BCUT2D eigenvalue weighted by Gasteiger charge is -2.34. The molecule has 1 heterocycles. The van der Waals surface area contributed by atoms with Crippen LogP contribution < -0.4 is 9.64 Å². The van der Waals surface area contributed by atoms with E-state index in [2.05, 4.69) is 93.3 Å². The van der Waals surface area contributed by atoms with Gasteiger partial charge in [-0.05, 0) is 59.9 Å². The van der Waals surface area contributed by atoms with Crippen LogP contribution in [0, 0.1) is 6.92 Å². The number of hydrogen-bond acceptors (Lipinski definition) is 2. The van der Waals surface area contributed by atoms with E-state index in [1.807, 2.05) is 6.07 Å². The van der Waals surface area contributed by atoms with E-state index in [-0.39, 0.29) is 5.41 Å². The lowest BCUT2D eigenvalue weighted by molar-refractivity contribution is 0.472. The fourth-order valence-electron chi connectivity index (χ4n) is 3.24. The summed E-state index contributed by atoms with van der Waals surface area (Å²) < 4.78 is 6.30. The molecule has 0 bridgehead atoms. The van der Waals surface area contributed by atoms with Crippen molar-refractivity contribution in [2.24, 2.45) is 0 Å². The minimum Gasteiger partial charge on any atom is -0.453 e. The Hall–Kier alpha value is -2.74. The molecule has 0 radical (unpaired) electrons. The van der Waals surface area contributed by atoms with Crippen LogP contribution >= 0.6 is 0 Å². The Balaban J connectivity index is 1.93. The monoisotopic (exact) mass is 329 g/mol. The number of rotatable bonds is 1. The quantitative estimate of drug-likeness (QED) is 0.378. The number of ether oxygens (including phenoxy) is 1. The van der Waals surface area contributed by atoms with Crippen molar-refractivity contribution in [1.82, 2.24) is 0 Å². The normalized spacial score (nSPS) is 13.0. The largest absolute Gasteiger partial charge is 0.453 e. The van der Waals surface area contributed by atoms with Gasteiger partial charge in [0.15, 0.2) is 11.5 Å². The van der Waals surface area contributed by atoms with Crippen LogP contribution in [-0.4, -0.2) is 0 Å². The Bertz CT molecular complexity index is 923. The van der Waals surface area contributed by atoms with E-state index in [9.17, 15) is 0 Å². The minimum absolute atomic E-state index is 0.0862. The first-order chi connectivity index (χ1) is 11.9. The summed E-state index contributed by atoms with van der Waals surface area (Å²) >= 11 is 0. The van der Waals surface area contributed by atoms with Gasteiger partial charge in [-0.25, -0.2) is 0 Å². The molecule has 0 saturated heterocycles. The Labute approximate surface area is 149 Å². The second kappa shape index (κ2) is 5.66. The lowest BCUT2D eigenvalue weighted by atomic mass is 9.86. The molecule has 0 aliphatic carbocycles. The molecule has 1 aliphatic rings. The first-order valence-electron chi connectivity index (χ1n) is 8.72. The summed E-state index contributed by atoms with van der Waals surface area (Å²) in [7, 11) is 0. The number of para-hydroxylation sites is 1. The van der Waals surface area contributed by atoms with E-state index < -0.39 is 0 Å². The average molecular weight is 329 g/mol. The highest BCUT2D eigenvalue weighted by Crippen LogP contribution is 2.51. The van der Waals surface area contributed by atoms with Crippen LogP contribution in [0.15, 0.2) is 66.7 Å². The Morgan fingerprint density at radius 1 is 0.760 bits per heavy atom. The van der Waals surface area contributed by atoms with Crippen LogP contribution in [0.1, 0.15) is 31.9 Å². The molecule has 0 atom stereocenters. The number of nitrogens with zero attached hydrogens (tertiary/aromatic N) is 1. The number of aryl methyl sites for hydroxylation is 1. The molecule has 0 amide bonds. The van der Waals surface area contributed by atoms with Gasteiger partial charge in [0.05, 0.1) is 11.4 Å². The fourth-order valence-corrected chi connectivity index (χ4v) is 3.24. The smallest absolute Gasteiger partial charge is 0.151 e. The second-order valence-corrected chi connectivity index (χ2v) is 7.68. The summed E-state index contributed by atoms with van der Waals surface area (Å²) in [5, 5.41) is 0. The predicted molar refractivity (Wildman–Crippen MR) is 105 cm³/mol. The molecule has 2 nitrogen and oxygen atoms in total. The van der Waals surface area contributed by atoms with E-state index in [0.29, 0.717) is 0 Å². The van der Waals surface area contributed by atoms with Crippen molar-refractivity contribution >= 4 is 17.1 Å². The average Bonchev–Trinajstić information content (AvgIpc) is 2.59. The van der Waals surface area contributed by atoms with Crippen molar-refractivity contribution in [3.63, 3.8) is 0 Å². The van der Waals surface area contributed by atoms with Crippen LogP contribution in [0.3, 0.4) is 0 Å². The van der Waals surface area contributed by atoms with Gasteiger partial charge in [-0.2, -0.15) is 0 Å². The number of fused-ring (bicyclic) bond motifs is 2.